The molecule has 1 saturated heterocycles. The summed E-state index contributed by atoms with van der Waals surface area (Å²) in [6.07, 6.45) is 0. The summed E-state index contributed by atoms with van der Waals surface area (Å²) in [5, 5.41) is 13.9. The average molecular weight is 465 g/mol. The summed E-state index contributed by atoms with van der Waals surface area (Å²) in [6.45, 7) is 0.558. The number of hydrogen-bond acceptors (Lipinski definition) is 8. The van der Waals surface area contributed by atoms with Crippen molar-refractivity contribution in [3.05, 3.63) is 52.6 Å². The van der Waals surface area contributed by atoms with Crippen molar-refractivity contribution < 1.29 is 27.6 Å². The molecule has 0 bridgehead atoms. The summed E-state index contributed by atoms with van der Waals surface area (Å²) >= 11 is 0. The van der Waals surface area contributed by atoms with Crippen molar-refractivity contribution in [2.75, 3.05) is 52.3 Å². The van der Waals surface area contributed by atoms with Gasteiger partial charge in [-0.05, 0) is 18.2 Å². The number of sulfonamides is 1. The Hall–Kier alpha value is -3.38. The molecule has 0 saturated carbocycles. The van der Waals surface area contributed by atoms with E-state index in [2.05, 4.69) is 5.32 Å². The third kappa shape index (κ3) is 4.92. The standard InChI is InChI=1S/C20H24N4O7S/c1-30-18-8-7-15(13-19(18)31-2)32(28,29)23-11-9-22(10-12-23)20(25)14-21-16-5-3-4-6-17(16)24(26)27/h3-8,13,21H,9-12,14H2,1-2H3. The molecule has 1 heterocycles. The Morgan fingerprint density at radius 1 is 1.06 bits per heavy atom. The second kappa shape index (κ2) is 9.83. The monoisotopic (exact) mass is 464 g/mol. The van der Waals surface area contributed by atoms with Crippen LogP contribution in [-0.4, -0.2) is 75.4 Å². The van der Waals surface area contributed by atoms with Crippen LogP contribution in [0.2, 0.25) is 0 Å². The molecule has 11 nitrogen and oxygen atoms in total. The summed E-state index contributed by atoms with van der Waals surface area (Å²) < 4.78 is 37.6. The van der Waals surface area contributed by atoms with Gasteiger partial charge in [-0.1, -0.05) is 12.1 Å². The first-order valence-electron chi connectivity index (χ1n) is 9.75. The highest BCUT2D eigenvalue weighted by atomic mass is 32.2. The van der Waals surface area contributed by atoms with Crippen LogP contribution in [0.5, 0.6) is 11.5 Å². The summed E-state index contributed by atoms with van der Waals surface area (Å²) in [4.78, 5) is 24.7. The first kappa shape index (κ1) is 23.3. The second-order valence-electron chi connectivity index (χ2n) is 6.93. The van der Waals surface area contributed by atoms with Gasteiger partial charge in [0, 0.05) is 38.3 Å². The van der Waals surface area contributed by atoms with Crippen LogP contribution in [0.15, 0.2) is 47.4 Å². The quantitative estimate of drug-likeness (QED) is 0.460. The average Bonchev–Trinajstić information content (AvgIpc) is 2.82. The number of anilines is 1. The Balaban J connectivity index is 1.61. The summed E-state index contributed by atoms with van der Waals surface area (Å²) in [7, 11) is -0.877. The molecule has 0 unspecified atom stereocenters. The maximum atomic E-state index is 13.0. The minimum atomic E-state index is -3.77. The van der Waals surface area contributed by atoms with Gasteiger partial charge in [-0.25, -0.2) is 8.42 Å². The fourth-order valence-electron chi connectivity index (χ4n) is 3.37. The molecular weight excluding hydrogens is 440 g/mol. The van der Waals surface area contributed by atoms with E-state index >= 15 is 0 Å². The lowest BCUT2D eigenvalue weighted by atomic mass is 10.2. The molecule has 2 aromatic carbocycles. The van der Waals surface area contributed by atoms with Crippen molar-refractivity contribution >= 4 is 27.3 Å². The van der Waals surface area contributed by atoms with E-state index in [-0.39, 0.29) is 54.9 Å². The maximum Gasteiger partial charge on any atom is 0.292 e. The Morgan fingerprint density at radius 2 is 1.72 bits per heavy atom. The van der Waals surface area contributed by atoms with Gasteiger partial charge >= 0.3 is 0 Å². The highest BCUT2D eigenvalue weighted by Crippen LogP contribution is 2.31. The molecule has 3 rings (SSSR count). The summed E-state index contributed by atoms with van der Waals surface area (Å²) in [5.41, 5.74) is 0.131. The van der Waals surface area contributed by atoms with Crippen LogP contribution in [-0.2, 0) is 14.8 Å². The van der Waals surface area contributed by atoms with E-state index in [1.54, 1.807) is 12.1 Å². The molecule has 32 heavy (non-hydrogen) atoms. The van der Waals surface area contributed by atoms with Gasteiger partial charge < -0.3 is 19.7 Å². The lowest BCUT2D eigenvalue weighted by molar-refractivity contribution is -0.383. The molecule has 1 aliphatic heterocycles. The van der Waals surface area contributed by atoms with Gasteiger partial charge in [-0.15, -0.1) is 0 Å². The number of rotatable bonds is 8. The van der Waals surface area contributed by atoms with Crippen molar-refractivity contribution in [1.29, 1.82) is 0 Å². The summed E-state index contributed by atoms with van der Waals surface area (Å²) in [5.74, 6) is 0.461. The van der Waals surface area contributed by atoms with Gasteiger partial charge in [-0.3, -0.25) is 14.9 Å². The number of ether oxygens (including phenoxy) is 2. The number of methoxy groups -OCH3 is 2. The van der Waals surface area contributed by atoms with Crippen molar-refractivity contribution in [1.82, 2.24) is 9.21 Å². The number of nitrogens with one attached hydrogen (secondary N) is 1. The van der Waals surface area contributed by atoms with E-state index in [1.165, 1.54) is 53.8 Å². The number of hydrogen-bond donors (Lipinski definition) is 1. The third-order valence-corrected chi connectivity index (χ3v) is 7.01. The molecule has 1 N–H and O–H groups in total. The molecule has 0 atom stereocenters. The molecule has 1 amide bonds. The van der Waals surface area contributed by atoms with E-state index in [4.69, 9.17) is 9.47 Å². The Kier molecular flexibility index (Phi) is 7.15. The number of carbonyl (C=O) groups excluding carboxylic acids is 1. The van der Waals surface area contributed by atoms with Crippen molar-refractivity contribution in [3.8, 4) is 11.5 Å². The molecule has 0 aliphatic carbocycles. The lowest BCUT2D eigenvalue weighted by Crippen LogP contribution is -2.51. The molecule has 12 heteroatoms. The number of nitrogens with zero attached hydrogens (tertiary/aromatic N) is 3. The molecule has 0 aromatic heterocycles. The fraction of sp³-hybridized carbons (Fsp3) is 0.350. The lowest BCUT2D eigenvalue weighted by Gasteiger charge is -2.34. The zero-order valence-corrected chi connectivity index (χ0v) is 18.5. The first-order chi connectivity index (χ1) is 15.3. The van der Waals surface area contributed by atoms with E-state index in [0.29, 0.717) is 11.5 Å². The second-order valence-corrected chi connectivity index (χ2v) is 8.87. The molecule has 172 valence electrons. The van der Waals surface area contributed by atoms with Gasteiger partial charge in [0.2, 0.25) is 15.9 Å². The zero-order chi connectivity index (χ0) is 23.3. The van der Waals surface area contributed by atoms with Crippen molar-refractivity contribution in [2.45, 2.75) is 4.90 Å². The number of carbonyl (C=O) groups is 1. The predicted octanol–water partition coefficient (Wildman–Crippen LogP) is 1.56. The van der Waals surface area contributed by atoms with Crippen LogP contribution in [0.3, 0.4) is 0 Å². The van der Waals surface area contributed by atoms with Gasteiger partial charge in [0.1, 0.15) is 5.69 Å². The molecule has 1 aliphatic rings. The molecule has 0 radical (unpaired) electrons. The highest BCUT2D eigenvalue weighted by molar-refractivity contribution is 7.89. The fourth-order valence-corrected chi connectivity index (χ4v) is 4.81. The maximum absolute atomic E-state index is 13.0. The number of nitro benzene ring substituents is 1. The van der Waals surface area contributed by atoms with Gasteiger partial charge in [0.05, 0.1) is 30.6 Å². The minimum Gasteiger partial charge on any atom is -0.493 e. The Labute approximate surface area is 185 Å². The van der Waals surface area contributed by atoms with Gasteiger partial charge in [-0.2, -0.15) is 4.31 Å². The van der Waals surface area contributed by atoms with Crippen molar-refractivity contribution in [3.63, 3.8) is 0 Å². The third-order valence-electron chi connectivity index (χ3n) is 5.11. The van der Waals surface area contributed by atoms with Crippen LogP contribution in [0.25, 0.3) is 0 Å². The van der Waals surface area contributed by atoms with Gasteiger partial charge in [0.25, 0.3) is 5.69 Å². The SMILES string of the molecule is COc1ccc(S(=O)(=O)N2CCN(C(=O)CNc3ccccc3[N+](=O)[O-])CC2)cc1OC. The molecule has 1 fully saturated rings. The predicted molar refractivity (Wildman–Crippen MR) is 116 cm³/mol. The molecule has 0 spiro atoms. The molecular formula is C20H24N4O7S. The highest BCUT2D eigenvalue weighted by Gasteiger charge is 2.31. The zero-order valence-electron chi connectivity index (χ0n) is 17.7. The first-order valence-corrected chi connectivity index (χ1v) is 11.2. The van der Waals surface area contributed by atoms with E-state index in [1.807, 2.05) is 0 Å². The minimum absolute atomic E-state index is 0.0768. The van der Waals surface area contributed by atoms with Gasteiger partial charge in [0.15, 0.2) is 11.5 Å². The van der Waals surface area contributed by atoms with Crippen LogP contribution in [0.4, 0.5) is 11.4 Å². The van der Waals surface area contributed by atoms with E-state index < -0.39 is 14.9 Å². The topological polar surface area (TPSA) is 131 Å². The smallest absolute Gasteiger partial charge is 0.292 e. The van der Waals surface area contributed by atoms with E-state index in [9.17, 15) is 23.3 Å². The number of para-hydroxylation sites is 2. The number of benzene rings is 2. The number of piperazine rings is 1. The van der Waals surface area contributed by atoms with Crippen molar-refractivity contribution in [2.24, 2.45) is 0 Å². The van der Waals surface area contributed by atoms with Crippen LogP contribution in [0.1, 0.15) is 0 Å². The Morgan fingerprint density at radius 3 is 2.34 bits per heavy atom. The summed E-state index contributed by atoms with van der Waals surface area (Å²) in [6, 6.07) is 10.4. The Bertz CT molecular complexity index is 1100. The number of amides is 1. The molecule has 2 aromatic rings. The van der Waals surface area contributed by atoms with Crippen LogP contribution < -0.4 is 14.8 Å². The van der Waals surface area contributed by atoms with Crippen LogP contribution in [0, 0.1) is 10.1 Å². The normalized spacial score (nSPS) is 14.6. The number of nitro groups is 1. The van der Waals surface area contributed by atoms with Crippen LogP contribution >= 0.6 is 0 Å². The van der Waals surface area contributed by atoms with E-state index in [0.717, 1.165) is 0 Å². The largest absolute Gasteiger partial charge is 0.493 e.